The second kappa shape index (κ2) is 5.21. The first-order chi connectivity index (χ1) is 7.04. The zero-order valence-corrected chi connectivity index (χ0v) is 9.35. The maximum atomic E-state index is 13.0. The minimum absolute atomic E-state index is 0.0371. The fourth-order valence-electron chi connectivity index (χ4n) is 1.42. The minimum atomic E-state index is -0.797. The van der Waals surface area contributed by atoms with Crippen LogP contribution in [0.3, 0.4) is 0 Å². The molecule has 15 heavy (non-hydrogen) atoms. The minimum Gasteiger partial charge on any atom is -0.308 e. The summed E-state index contributed by atoms with van der Waals surface area (Å²) >= 11 is 0. The van der Waals surface area contributed by atoms with Crippen LogP contribution in [0.2, 0.25) is 0 Å². The molecule has 2 atom stereocenters. The van der Waals surface area contributed by atoms with Gasteiger partial charge in [0.15, 0.2) is 11.6 Å². The summed E-state index contributed by atoms with van der Waals surface area (Å²) in [6.45, 7) is 6.09. The van der Waals surface area contributed by atoms with E-state index in [1.54, 1.807) is 6.07 Å². The monoisotopic (exact) mass is 213 g/mol. The molecule has 1 rings (SSSR count). The van der Waals surface area contributed by atoms with E-state index in [0.29, 0.717) is 6.04 Å². The first-order valence-corrected chi connectivity index (χ1v) is 5.25. The Hall–Kier alpha value is -0.960. The molecule has 0 unspecified atom stereocenters. The summed E-state index contributed by atoms with van der Waals surface area (Å²) in [6, 6.07) is 4.43. The zero-order valence-electron chi connectivity index (χ0n) is 9.35. The Balaban J connectivity index is 2.73. The summed E-state index contributed by atoms with van der Waals surface area (Å²) in [5.41, 5.74) is 0.772. The van der Waals surface area contributed by atoms with Crippen LogP contribution in [0.1, 0.15) is 38.8 Å². The second-order valence-electron chi connectivity index (χ2n) is 3.87. The lowest BCUT2D eigenvalue weighted by Gasteiger charge is -2.19. The Labute approximate surface area is 89.5 Å². The molecule has 0 amide bonds. The Morgan fingerprint density at radius 2 is 1.87 bits per heavy atom. The predicted octanol–water partition coefficient (Wildman–Crippen LogP) is 3.41. The fourth-order valence-corrected chi connectivity index (χ4v) is 1.42. The van der Waals surface area contributed by atoms with Crippen LogP contribution < -0.4 is 5.32 Å². The average molecular weight is 213 g/mol. The van der Waals surface area contributed by atoms with Crippen LogP contribution in [0.4, 0.5) is 8.78 Å². The summed E-state index contributed by atoms with van der Waals surface area (Å²) in [5, 5.41) is 3.30. The molecule has 0 aliphatic heterocycles. The van der Waals surface area contributed by atoms with Crippen LogP contribution in [0.5, 0.6) is 0 Å². The highest BCUT2D eigenvalue weighted by Crippen LogP contribution is 2.16. The van der Waals surface area contributed by atoms with Gasteiger partial charge in [-0.1, -0.05) is 13.0 Å². The number of benzene rings is 1. The number of hydrogen-bond acceptors (Lipinski definition) is 1. The molecule has 0 radical (unpaired) electrons. The van der Waals surface area contributed by atoms with Crippen molar-refractivity contribution in [3.8, 4) is 0 Å². The van der Waals surface area contributed by atoms with Gasteiger partial charge < -0.3 is 5.32 Å². The highest BCUT2D eigenvalue weighted by Gasteiger charge is 2.10. The summed E-state index contributed by atoms with van der Waals surface area (Å²) in [6.07, 6.45) is 1.01. The quantitative estimate of drug-likeness (QED) is 0.808. The zero-order chi connectivity index (χ0) is 11.4. The van der Waals surface area contributed by atoms with Gasteiger partial charge in [-0.3, -0.25) is 0 Å². The lowest BCUT2D eigenvalue weighted by Crippen LogP contribution is -2.28. The van der Waals surface area contributed by atoms with Gasteiger partial charge in [0.1, 0.15) is 0 Å². The summed E-state index contributed by atoms with van der Waals surface area (Å²) in [7, 11) is 0. The van der Waals surface area contributed by atoms with Crippen molar-refractivity contribution in [1.29, 1.82) is 0 Å². The third kappa shape index (κ3) is 3.27. The van der Waals surface area contributed by atoms with Gasteiger partial charge in [0, 0.05) is 12.1 Å². The third-order valence-corrected chi connectivity index (χ3v) is 2.59. The van der Waals surface area contributed by atoms with E-state index < -0.39 is 11.6 Å². The first kappa shape index (κ1) is 12.1. The largest absolute Gasteiger partial charge is 0.308 e. The van der Waals surface area contributed by atoms with Gasteiger partial charge in [-0.05, 0) is 38.0 Å². The van der Waals surface area contributed by atoms with E-state index >= 15 is 0 Å². The molecular formula is C12H17F2N. The molecule has 84 valence electrons. The van der Waals surface area contributed by atoms with Crippen LogP contribution in [-0.4, -0.2) is 6.04 Å². The van der Waals surface area contributed by atoms with Crippen molar-refractivity contribution in [2.45, 2.75) is 39.3 Å². The van der Waals surface area contributed by atoms with Crippen molar-refractivity contribution < 1.29 is 8.78 Å². The Morgan fingerprint density at radius 3 is 2.40 bits per heavy atom. The highest BCUT2D eigenvalue weighted by molar-refractivity contribution is 5.20. The number of rotatable bonds is 4. The predicted molar refractivity (Wildman–Crippen MR) is 57.7 cm³/mol. The van der Waals surface area contributed by atoms with E-state index in [0.717, 1.165) is 12.0 Å². The van der Waals surface area contributed by atoms with Gasteiger partial charge >= 0.3 is 0 Å². The summed E-state index contributed by atoms with van der Waals surface area (Å²) in [4.78, 5) is 0. The molecule has 1 aromatic carbocycles. The molecule has 0 aliphatic rings. The fraction of sp³-hybridized carbons (Fsp3) is 0.500. The van der Waals surface area contributed by atoms with Crippen molar-refractivity contribution >= 4 is 0 Å². The van der Waals surface area contributed by atoms with Gasteiger partial charge in [-0.15, -0.1) is 0 Å². The van der Waals surface area contributed by atoms with Gasteiger partial charge in [0.05, 0.1) is 0 Å². The topological polar surface area (TPSA) is 12.0 Å². The molecule has 0 aliphatic carbocycles. The number of hydrogen-bond donors (Lipinski definition) is 1. The molecule has 0 spiro atoms. The standard InChI is InChI=1S/C12H17F2N/c1-4-8(2)15-9(3)10-5-6-11(13)12(14)7-10/h5-9,15H,4H2,1-3H3/t8-,9-/m0/s1. The molecule has 0 bridgehead atoms. The molecular weight excluding hydrogens is 196 g/mol. The van der Waals surface area contributed by atoms with Crippen molar-refractivity contribution in [3.05, 3.63) is 35.4 Å². The van der Waals surface area contributed by atoms with Gasteiger partial charge in [0.25, 0.3) is 0 Å². The van der Waals surface area contributed by atoms with Gasteiger partial charge in [-0.2, -0.15) is 0 Å². The molecule has 1 N–H and O–H groups in total. The van der Waals surface area contributed by atoms with Crippen molar-refractivity contribution in [2.24, 2.45) is 0 Å². The van der Waals surface area contributed by atoms with Crippen molar-refractivity contribution in [2.75, 3.05) is 0 Å². The SMILES string of the molecule is CC[C@H](C)N[C@@H](C)c1ccc(F)c(F)c1. The molecule has 0 aromatic heterocycles. The van der Waals surface area contributed by atoms with Crippen LogP contribution in [-0.2, 0) is 0 Å². The van der Waals surface area contributed by atoms with Crippen LogP contribution in [0.15, 0.2) is 18.2 Å². The van der Waals surface area contributed by atoms with E-state index in [4.69, 9.17) is 0 Å². The van der Waals surface area contributed by atoms with Crippen molar-refractivity contribution in [3.63, 3.8) is 0 Å². The third-order valence-electron chi connectivity index (χ3n) is 2.59. The van der Waals surface area contributed by atoms with E-state index in [1.165, 1.54) is 12.1 Å². The number of halogens is 2. The smallest absolute Gasteiger partial charge is 0.159 e. The first-order valence-electron chi connectivity index (χ1n) is 5.25. The second-order valence-corrected chi connectivity index (χ2v) is 3.87. The lowest BCUT2D eigenvalue weighted by atomic mass is 10.1. The maximum absolute atomic E-state index is 13.0. The van der Waals surface area contributed by atoms with Gasteiger partial charge in [-0.25, -0.2) is 8.78 Å². The molecule has 3 heteroatoms. The Kier molecular flexibility index (Phi) is 4.21. The number of nitrogens with one attached hydrogen (secondary N) is 1. The highest BCUT2D eigenvalue weighted by atomic mass is 19.2. The van der Waals surface area contributed by atoms with Crippen LogP contribution in [0, 0.1) is 11.6 Å². The Morgan fingerprint density at radius 1 is 1.20 bits per heavy atom. The normalized spacial score (nSPS) is 15.0. The van der Waals surface area contributed by atoms with Crippen LogP contribution in [0.25, 0.3) is 0 Å². The Bertz CT molecular complexity index is 325. The molecule has 0 heterocycles. The summed E-state index contributed by atoms with van der Waals surface area (Å²) < 4.78 is 25.7. The van der Waals surface area contributed by atoms with E-state index in [9.17, 15) is 8.78 Å². The summed E-state index contributed by atoms with van der Waals surface area (Å²) in [5.74, 6) is -1.58. The van der Waals surface area contributed by atoms with E-state index in [2.05, 4.69) is 19.2 Å². The average Bonchev–Trinajstić information content (AvgIpc) is 2.21. The van der Waals surface area contributed by atoms with E-state index in [-0.39, 0.29) is 6.04 Å². The molecule has 0 saturated heterocycles. The molecule has 0 saturated carbocycles. The van der Waals surface area contributed by atoms with Crippen LogP contribution >= 0.6 is 0 Å². The molecule has 0 fully saturated rings. The van der Waals surface area contributed by atoms with E-state index in [1.807, 2.05) is 6.92 Å². The molecule has 1 aromatic rings. The molecule has 1 nitrogen and oxygen atoms in total. The van der Waals surface area contributed by atoms with Crippen molar-refractivity contribution in [1.82, 2.24) is 5.32 Å². The van der Waals surface area contributed by atoms with Gasteiger partial charge in [0.2, 0.25) is 0 Å². The lowest BCUT2D eigenvalue weighted by molar-refractivity contribution is 0.462. The maximum Gasteiger partial charge on any atom is 0.159 e.